The number of aliphatic carboxylic acids is 1. The van der Waals surface area contributed by atoms with Crippen LogP contribution in [0.15, 0.2) is 11.6 Å². The summed E-state index contributed by atoms with van der Waals surface area (Å²) >= 11 is 0. The molecule has 0 aromatic carbocycles. The number of ketones is 1. The lowest BCUT2D eigenvalue weighted by Crippen LogP contribution is -2.41. The second kappa shape index (κ2) is 7.18. The van der Waals surface area contributed by atoms with E-state index in [-0.39, 0.29) is 17.2 Å². The number of carboxylic acids is 1. The van der Waals surface area contributed by atoms with Crippen molar-refractivity contribution in [3.05, 3.63) is 11.6 Å². The fourth-order valence-corrected chi connectivity index (χ4v) is 2.35. The Kier molecular flexibility index (Phi) is 6.84. The Bertz CT molecular complexity index is 377. The minimum absolute atomic E-state index is 0.149. The van der Waals surface area contributed by atoms with Crippen LogP contribution in [0.4, 0.5) is 0 Å². The molecule has 0 rings (SSSR count). The number of rotatable bonds is 7. The third-order valence-corrected chi connectivity index (χ3v) is 8.44. The van der Waals surface area contributed by atoms with E-state index in [1.807, 2.05) is 6.92 Å². The first-order valence-corrected chi connectivity index (χ1v) is 9.82. The summed E-state index contributed by atoms with van der Waals surface area (Å²) in [4.78, 5) is 22.1. The highest BCUT2D eigenvalue weighted by atomic mass is 28.4. The van der Waals surface area contributed by atoms with E-state index < -0.39 is 20.2 Å². The Morgan fingerprint density at radius 3 is 2.10 bits per heavy atom. The van der Waals surface area contributed by atoms with Crippen LogP contribution in [0.5, 0.6) is 0 Å². The van der Waals surface area contributed by atoms with Crippen LogP contribution in [0, 0.1) is 5.92 Å². The van der Waals surface area contributed by atoms with Crippen LogP contribution in [0.25, 0.3) is 0 Å². The van der Waals surface area contributed by atoms with Gasteiger partial charge in [0.25, 0.3) is 0 Å². The van der Waals surface area contributed by atoms with Crippen LogP contribution in [-0.2, 0) is 14.0 Å². The molecule has 20 heavy (non-hydrogen) atoms. The van der Waals surface area contributed by atoms with Gasteiger partial charge in [-0.3, -0.25) is 9.59 Å². The maximum atomic E-state index is 11.2. The van der Waals surface area contributed by atoms with Gasteiger partial charge in [0.15, 0.2) is 8.32 Å². The van der Waals surface area contributed by atoms with E-state index in [4.69, 9.17) is 9.53 Å². The highest BCUT2D eigenvalue weighted by molar-refractivity contribution is 6.74. The van der Waals surface area contributed by atoms with E-state index in [0.717, 1.165) is 5.57 Å². The molecule has 0 spiro atoms. The molecule has 1 atom stereocenters. The van der Waals surface area contributed by atoms with Crippen LogP contribution < -0.4 is 0 Å². The highest BCUT2D eigenvalue weighted by Crippen LogP contribution is 2.36. The summed E-state index contributed by atoms with van der Waals surface area (Å²) in [5, 5.41) is 9.10. The Morgan fingerprint density at radius 1 is 1.25 bits per heavy atom. The molecule has 0 amide bonds. The number of allylic oxidation sites excluding steroid dienone is 1. The zero-order valence-corrected chi connectivity index (χ0v) is 14.7. The average molecular weight is 300 g/mol. The summed E-state index contributed by atoms with van der Waals surface area (Å²) < 4.78 is 6.05. The summed E-state index contributed by atoms with van der Waals surface area (Å²) in [6, 6.07) is 0. The van der Waals surface area contributed by atoms with Crippen molar-refractivity contribution in [2.24, 2.45) is 5.92 Å². The standard InChI is InChI=1S/C15H28O4Si/c1-11(8-9-13(12(2)16)14(17)18)10-19-20(6,7)15(3,4)5/h8,13H,9-10H2,1-7H3,(H,17,18)/b11-8+. The van der Waals surface area contributed by atoms with Crippen molar-refractivity contribution in [2.45, 2.75) is 59.2 Å². The number of carboxylic acid groups (broad SMARTS) is 1. The van der Waals surface area contributed by atoms with Crippen molar-refractivity contribution in [1.82, 2.24) is 0 Å². The Labute approximate surface area is 123 Å². The molecule has 4 nitrogen and oxygen atoms in total. The highest BCUT2D eigenvalue weighted by Gasteiger charge is 2.36. The first kappa shape index (κ1) is 19.1. The fraction of sp³-hybridized carbons (Fsp3) is 0.733. The lowest BCUT2D eigenvalue weighted by molar-refractivity contribution is -0.145. The second-order valence-corrected chi connectivity index (χ2v) is 11.6. The van der Waals surface area contributed by atoms with Crippen LogP contribution in [0.3, 0.4) is 0 Å². The van der Waals surface area contributed by atoms with Gasteiger partial charge >= 0.3 is 5.97 Å². The van der Waals surface area contributed by atoms with Crippen molar-refractivity contribution in [3.63, 3.8) is 0 Å². The van der Waals surface area contributed by atoms with Crippen LogP contribution in [-0.4, -0.2) is 31.8 Å². The molecule has 0 aliphatic rings. The lowest BCUT2D eigenvalue weighted by Gasteiger charge is -2.36. The van der Waals surface area contributed by atoms with Gasteiger partial charge in [-0.2, -0.15) is 0 Å². The first-order chi connectivity index (χ1) is 8.88. The topological polar surface area (TPSA) is 63.6 Å². The van der Waals surface area contributed by atoms with Crippen molar-refractivity contribution < 1.29 is 19.1 Å². The molecule has 1 N–H and O–H groups in total. The van der Waals surface area contributed by atoms with Crippen molar-refractivity contribution in [2.75, 3.05) is 6.61 Å². The van der Waals surface area contributed by atoms with Gasteiger partial charge in [0.05, 0.1) is 6.61 Å². The molecule has 0 saturated carbocycles. The van der Waals surface area contributed by atoms with Gasteiger partial charge in [-0.25, -0.2) is 0 Å². The number of hydrogen-bond acceptors (Lipinski definition) is 3. The Morgan fingerprint density at radius 2 is 1.75 bits per heavy atom. The zero-order chi connectivity index (χ0) is 16.1. The normalized spacial score (nSPS) is 15.1. The number of carbonyl (C=O) groups is 2. The molecule has 0 radical (unpaired) electrons. The molecular weight excluding hydrogens is 272 g/mol. The smallest absolute Gasteiger partial charge is 0.314 e. The van der Waals surface area contributed by atoms with E-state index in [1.165, 1.54) is 6.92 Å². The molecule has 0 aliphatic carbocycles. The van der Waals surface area contributed by atoms with E-state index in [9.17, 15) is 9.59 Å². The molecule has 1 unspecified atom stereocenters. The van der Waals surface area contributed by atoms with Gasteiger partial charge in [0.1, 0.15) is 11.7 Å². The quantitative estimate of drug-likeness (QED) is 0.443. The summed E-state index contributed by atoms with van der Waals surface area (Å²) in [7, 11) is -1.79. The molecule has 5 heteroatoms. The summed E-state index contributed by atoms with van der Waals surface area (Å²) in [6.07, 6.45) is 2.03. The number of carbonyl (C=O) groups excluding carboxylic acids is 1. The molecule has 0 aromatic rings. The van der Waals surface area contributed by atoms with E-state index in [1.54, 1.807) is 6.08 Å². The lowest BCUT2D eigenvalue weighted by atomic mass is 10.0. The first-order valence-electron chi connectivity index (χ1n) is 6.91. The predicted octanol–water partition coefficient (Wildman–Crippen LogP) is 3.63. The van der Waals surface area contributed by atoms with Gasteiger partial charge in [0, 0.05) is 0 Å². The minimum Gasteiger partial charge on any atom is -0.481 e. The average Bonchev–Trinajstić information content (AvgIpc) is 2.24. The Hall–Kier alpha value is -0.943. The molecule has 116 valence electrons. The van der Waals surface area contributed by atoms with Gasteiger partial charge in [-0.05, 0) is 38.4 Å². The minimum atomic E-state index is -1.79. The predicted molar refractivity (Wildman–Crippen MR) is 83.3 cm³/mol. The molecule has 0 aromatic heterocycles. The SMILES string of the molecule is CC(=O)C(C/C=C(\C)CO[Si](C)(C)C(C)(C)C)C(=O)O. The zero-order valence-electron chi connectivity index (χ0n) is 13.7. The second-order valence-electron chi connectivity index (χ2n) is 6.84. The van der Waals surface area contributed by atoms with Gasteiger partial charge in [0.2, 0.25) is 0 Å². The molecule has 0 aliphatic heterocycles. The molecule has 0 bridgehead atoms. The summed E-state index contributed by atoms with van der Waals surface area (Å²) in [6.45, 7) is 14.6. The van der Waals surface area contributed by atoms with E-state index in [0.29, 0.717) is 6.61 Å². The maximum absolute atomic E-state index is 11.2. The third-order valence-electron chi connectivity index (χ3n) is 3.96. The molecule has 0 fully saturated rings. The summed E-state index contributed by atoms with van der Waals surface area (Å²) in [5.74, 6) is -2.32. The fourth-order valence-electron chi connectivity index (χ4n) is 1.33. The van der Waals surface area contributed by atoms with Crippen LogP contribution in [0.2, 0.25) is 18.1 Å². The Balaban J connectivity index is 4.56. The molecule has 0 heterocycles. The third kappa shape index (κ3) is 6.01. The van der Waals surface area contributed by atoms with Crippen molar-refractivity contribution in [3.8, 4) is 0 Å². The van der Waals surface area contributed by atoms with Gasteiger partial charge in [-0.1, -0.05) is 32.4 Å². The molecular formula is C15H28O4Si. The van der Waals surface area contributed by atoms with Gasteiger partial charge in [-0.15, -0.1) is 0 Å². The largest absolute Gasteiger partial charge is 0.481 e. The monoisotopic (exact) mass is 300 g/mol. The molecule has 0 saturated heterocycles. The van der Waals surface area contributed by atoms with E-state index >= 15 is 0 Å². The van der Waals surface area contributed by atoms with E-state index in [2.05, 4.69) is 33.9 Å². The summed E-state index contributed by atoms with van der Waals surface area (Å²) in [5.41, 5.74) is 0.974. The van der Waals surface area contributed by atoms with Crippen LogP contribution in [0.1, 0.15) is 41.0 Å². The van der Waals surface area contributed by atoms with Crippen molar-refractivity contribution >= 4 is 20.1 Å². The van der Waals surface area contributed by atoms with Crippen LogP contribution >= 0.6 is 0 Å². The van der Waals surface area contributed by atoms with Gasteiger partial charge < -0.3 is 9.53 Å². The maximum Gasteiger partial charge on any atom is 0.314 e. The van der Waals surface area contributed by atoms with Crippen molar-refractivity contribution in [1.29, 1.82) is 0 Å². The number of Topliss-reactive ketones (excluding diaryl/α,β-unsaturated/α-hetero) is 1. The number of hydrogen-bond donors (Lipinski definition) is 1.